The Hall–Kier alpha value is -1.64. The first kappa shape index (κ1) is 22.2. The number of sulfonamides is 1. The van der Waals surface area contributed by atoms with Gasteiger partial charge in [0, 0.05) is 12.6 Å². The second kappa shape index (κ2) is 7.43. The number of amides is 2. The molecule has 9 heteroatoms. The summed E-state index contributed by atoms with van der Waals surface area (Å²) in [6, 6.07) is 6.25. The molecule has 174 valence electrons. The molecule has 32 heavy (non-hydrogen) atoms. The Morgan fingerprint density at radius 1 is 1.03 bits per heavy atom. The van der Waals surface area contributed by atoms with E-state index in [1.54, 1.807) is 19.2 Å². The molecule has 0 saturated heterocycles. The van der Waals surface area contributed by atoms with Gasteiger partial charge in [0.1, 0.15) is 10.4 Å². The van der Waals surface area contributed by atoms with Crippen LogP contribution in [-0.4, -0.2) is 38.4 Å². The third-order valence-corrected chi connectivity index (χ3v) is 10.3. The minimum absolute atomic E-state index is 0.0193. The van der Waals surface area contributed by atoms with Crippen molar-refractivity contribution >= 4 is 33.4 Å². The quantitative estimate of drug-likeness (QED) is 0.583. The van der Waals surface area contributed by atoms with Gasteiger partial charge in [-0.15, -0.1) is 0 Å². The molecule has 6 rings (SSSR count). The molecule has 3 N–H and O–H groups in total. The van der Waals surface area contributed by atoms with Crippen LogP contribution < -0.4 is 15.4 Å². The molecule has 5 aliphatic rings. The Morgan fingerprint density at radius 2 is 1.69 bits per heavy atom. The summed E-state index contributed by atoms with van der Waals surface area (Å²) in [5.41, 5.74) is -2.02. The molecule has 1 aromatic carbocycles. The van der Waals surface area contributed by atoms with Gasteiger partial charge in [-0.3, -0.25) is 9.59 Å². The van der Waals surface area contributed by atoms with Crippen molar-refractivity contribution in [3.8, 4) is 0 Å². The Bertz CT molecular complexity index is 1050. The Morgan fingerprint density at radius 3 is 2.25 bits per heavy atom. The van der Waals surface area contributed by atoms with E-state index in [-0.39, 0.29) is 21.7 Å². The summed E-state index contributed by atoms with van der Waals surface area (Å²) in [5, 5.41) is 6.25. The largest absolute Gasteiger partial charge is 0.359 e. The molecule has 5 fully saturated rings. The van der Waals surface area contributed by atoms with Crippen LogP contribution in [0.1, 0.15) is 57.8 Å². The normalized spacial score (nSPS) is 34.6. The molecule has 7 nitrogen and oxygen atoms in total. The van der Waals surface area contributed by atoms with E-state index in [0.717, 1.165) is 38.5 Å². The SMILES string of the molecule is CNC(=O)C12CC3CC(CC(NC(=O)C4(NS(=O)(=O)c5ccccc5Cl)CCC4)(C3)C1)C2. The Labute approximate surface area is 194 Å². The van der Waals surface area contributed by atoms with Crippen LogP contribution in [0.25, 0.3) is 0 Å². The van der Waals surface area contributed by atoms with Crippen LogP contribution in [0.4, 0.5) is 0 Å². The zero-order valence-corrected chi connectivity index (χ0v) is 19.8. The number of benzene rings is 1. The Kier molecular flexibility index (Phi) is 5.15. The molecule has 2 amide bonds. The van der Waals surface area contributed by atoms with Crippen molar-refractivity contribution in [3.05, 3.63) is 29.3 Å². The molecule has 2 atom stereocenters. The van der Waals surface area contributed by atoms with Gasteiger partial charge in [-0.2, -0.15) is 4.72 Å². The molecule has 5 saturated carbocycles. The van der Waals surface area contributed by atoms with Crippen LogP contribution in [0.15, 0.2) is 29.2 Å². The van der Waals surface area contributed by atoms with Crippen molar-refractivity contribution in [2.24, 2.45) is 17.3 Å². The summed E-state index contributed by atoms with van der Waals surface area (Å²) >= 11 is 6.12. The van der Waals surface area contributed by atoms with Crippen molar-refractivity contribution in [1.29, 1.82) is 0 Å². The van der Waals surface area contributed by atoms with Crippen molar-refractivity contribution in [2.45, 2.75) is 73.8 Å². The molecular formula is C23H30ClN3O4S. The van der Waals surface area contributed by atoms with Gasteiger partial charge in [0.05, 0.1) is 10.4 Å². The molecule has 0 radical (unpaired) electrons. The lowest BCUT2D eigenvalue weighted by atomic mass is 9.46. The van der Waals surface area contributed by atoms with Crippen LogP contribution in [0, 0.1) is 17.3 Å². The lowest BCUT2D eigenvalue weighted by Gasteiger charge is -2.61. The van der Waals surface area contributed by atoms with E-state index in [2.05, 4.69) is 15.4 Å². The van der Waals surface area contributed by atoms with Crippen molar-refractivity contribution in [2.75, 3.05) is 7.05 Å². The highest BCUT2D eigenvalue weighted by atomic mass is 35.5. The minimum Gasteiger partial charge on any atom is -0.359 e. The third kappa shape index (κ3) is 3.46. The van der Waals surface area contributed by atoms with Crippen molar-refractivity contribution in [3.63, 3.8) is 0 Å². The number of rotatable bonds is 6. The summed E-state index contributed by atoms with van der Waals surface area (Å²) in [5.74, 6) is 0.647. The number of carbonyl (C=O) groups is 2. The van der Waals surface area contributed by atoms with Crippen LogP contribution >= 0.6 is 11.6 Å². The van der Waals surface area contributed by atoms with Gasteiger partial charge < -0.3 is 10.6 Å². The standard InChI is InChI=1S/C23H30ClN3O4S/c1-25-19(28)21-10-15-9-16(11-21)13-22(12-15,14-21)26-20(29)23(7-4-8-23)27-32(30,31)18-6-3-2-5-17(18)24/h2-3,5-6,15-16,27H,4,7-14H2,1H3,(H,25,28)(H,26,29). The van der Waals surface area contributed by atoms with E-state index in [1.165, 1.54) is 12.1 Å². The lowest BCUT2D eigenvalue weighted by Crippen LogP contribution is -2.71. The maximum atomic E-state index is 13.6. The third-order valence-electron chi connectivity index (χ3n) is 8.25. The second-order valence-electron chi connectivity index (χ2n) is 10.5. The fraction of sp³-hybridized carbons (Fsp3) is 0.652. The molecule has 0 aromatic heterocycles. The smallest absolute Gasteiger partial charge is 0.243 e. The van der Waals surface area contributed by atoms with Crippen molar-refractivity contribution < 1.29 is 18.0 Å². The summed E-state index contributed by atoms with van der Waals surface area (Å²) in [6.45, 7) is 0. The number of carbonyl (C=O) groups excluding carboxylic acids is 2. The first-order valence-electron chi connectivity index (χ1n) is 11.4. The second-order valence-corrected chi connectivity index (χ2v) is 12.6. The van der Waals surface area contributed by atoms with E-state index in [1.807, 2.05) is 0 Å². The van der Waals surface area contributed by atoms with Gasteiger partial charge >= 0.3 is 0 Å². The van der Waals surface area contributed by atoms with Crippen LogP contribution in [0.2, 0.25) is 5.02 Å². The molecular weight excluding hydrogens is 450 g/mol. The number of halogens is 1. The van der Waals surface area contributed by atoms with Gasteiger partial charge in [-0.05, 0) is 81.8 Å². The molecule has 1 aromatic rings. The summed E-state index contributed by atoms with van der Waals surface area (Å²) in [6.07, 6.45) is 6.90. The predicted octanol–water partition coefficient (Wildman–Crippen LogP) is 2.74. The Balaban J connectivity index is 1.39. The van der Waals surface area contributed by atoms with Crippen LogP contribution in [0.5, 0.6) is 0 Å². The number of nitrogens with one attached hydrogen (secondary N) is 3. The molecule has 2 unspecified atom stereocenters. The average molecular weight is 480 g/mol. The van der Waals surface area contributed by atoms with E-state index < -0.39 is 26.5 Å². The highest BCUT2D eigenvalue weighted by molar-refractivity contribution is 7.89. The fourth-order valence-electron chi connectivity index (χ4n) is 7.18. The molecule has 4 bridgehead atoms. The highest BCUT2D eigenvalue weighted by Gasteiger charge is 2.62. The van der Waals surface area contributed by atoms with Gasteiger partial charge in [-0.25, -0.2) is 8.42 Å². The topological polar surface area (TPSA) is 104 Å². The summed E-state index contributed by atoms with van der Waals surface area (Å²) in [4.78, 5) is 26.4. The van der Waals surface area contributed by atoms with Crippen LogP contribution in [0.3, 0.4) is 0 Å². The molecule has 5 aliphatic carbocycles. The van der Waals surface area contributed by atoms with Gasteiger partial charge in [0.2, 0.25) is 21.8 Å². The van der Waals surface area contributed by atoms with Crippen LogP contribution in [-0.2, 0) is 19.6 Å². The molecule has 0 heterocycles. The maximum Gasteiger partial charge on any atom is 0.243 e. The van der Waals surface area contributed by atoms with E-state index in [9.17, 15) is 18.0 Å². The molecule has 0 spiro atoms. The zero-order chi connectivity index (χ0) is 22.8. The summed E-state index contributed by atoms with van der Waals surface area (Å²) in [7, 11) is -2.28. The van der Waals surface area contributed by atoms with Gasteiger partial charge in [-0.1, -0.05) is 23.7 Å². The maximum absolute atomic E-state index is 13.6. The van der Waals surface area contributed by atoms with Gasteiger partial charge in [0.25, 0.3) is 0 Å². The molecule has 0 aliphatic heterocycles. The lowest BCUT2D eigenvalue weighted by molar-refractivity contribution is -0.154. The first-order valence-corrected chi connectivity index (χ1v) is 13.3. The number of hydrogen-bond acceptors (Lipinski definition) is 4. The number of hydrogen-bond donors (Lipinski definition) is 3. The van der Waals surface area contributed by atoms with E-state index >= 15 is 0 Å². The first-order chi connectivity index (χ1) is 15.1. The minimum atomic E-state index is -3.96. The summed E-state index contributed by atoms with van der Waals surface area (Å²) < 4.78 is 28.8. The zero-order valence-electron chi connectivity index (χ0n) is 18.2. The van der Waals surface area contributed by atoms with E-state index in [0.29, 0.717) is 31.1 Å². The predicted molar refractivity (Wildman–Crippen MR) is 120 cm³/mol. The average Bonchev–Trinajstić information content (AvgIpc) is 2.68. The van der Waals surface area contributed by atoms with Gasteiger partial charge in [0.15, 0.2) is 0 Å². The van der Waals surface area contributed by atoms with Crippen molar-refractivity contribution in [1.82, 2.24) is 15.4 Å². The fourth-order valence-corrected chi connectivity index (χ4v) is 9.12. The van der Waals surface area contributed by atoms with E-state index in [4.69, 9.17) is 11.6 Å². The highest BCUT2D eigenvalue weighted by Crippen LogP contribution is 2.61. The monoisotopic (exact) mass is 479 g/mol.